The number of pyridine rings is 4. The Morgan fingerprint density at radius 2 is 0.691 bits per heavy atom. The van der Waals surface area contributed by atoms with Gasteiger partial charge in [0.15, 0.2) is 24.8 Å². The van der Waals surface area contributed by atoms with Crippen molar-refractivity contribution in [1.29, 1.82) is 0 Å². The zero-order valence-electron chi connectivity index (χ0n) is 55.6. The van der Waals surface area contributed by atoms with Crippen LogP contribution in [0.15, 0.2) is 122 Å². The molecule has 0 radical (unpaired) electrons. The van der Waals surface area contributed by atoms with Crippen molar-refractivity contribution < 1.29 is 18.3 Å². The van der Waals surface area contributed by atoms with Crippen LogP contribution in [0.1, 0.15) is 171 Å². The van der Waals surface area contributed by atoms with Crippen molar-refractivity contribution >= 4 is 0 Å². The van der Waals surface area contributed by atoms with Crippen molar-refractivity contribution in [3.05, 3.63) is 211 Å². The van der Waals surface area contributed by atoms with Gasteiger partial charge >= 0.3 is 0 Å². The van der Waals surface area contributed by atoms with Crippen LogP contribution in [-0.2, 0) is 46.4 Å². The molecule has 4 heterocycles. The van der Waals surface area contributed by atoms with Gasteiger partial charge < -0.3 is 0 Å². The van der Waals surface area contributed by atoms with Gasteiger partial charge in [-0.25, -0.2) is 18.3 Å². The third-order valence-corrected chi connectivity index (χ3v) is 15.8. The molecule has 0 aliphatic carbocycles. The van der Waals surface area contributed by atoms with Gasteiger partial charge in [-0.1, -0.05) is 118 Å². The van der Waals surface area contributed by atoms with Crippen molar-refractivity contribution in [2.75, 3.05) is 0 Å². The number of benzene rings is 4. The minimum Gasteiger partial charge on any atom is -0.201 e. The number of hydrogen-bond acceptors (Lipinski definition) is 0. The standard InChI is InChI=1S/C20H28N.3C19H26N/c1-14-10-16(3)19(21(7)13-14)18-9-8-17(11-15(18)2)12-20(4,5)6;1-13-10-15(3)18(20(7)12-13)17-9-8-16(11-14(17)2)19(4,5)6;1-13(2)9-17-7-8-18(15(4)11-17)19-16(5)10-14(3)12-20(19)6;1-7-14(3)17-8-9-18(15(4)11-17)19-16(5)10-13(2)12-20(19)6/h8-11,13H,12H2,1-7H3;8-12H,1-7H3;7-8,10-13H,9H2,1-6H3;8-12,14H,7H2,1-6H3/q4*+1. The summed E-state index contributed by atoms with van der Waals surface area (Å²) in [4.78, 5) is 0. The maximum Gasteiger partial charge on any atom is 0.215 e. The normalized spacial score (nSPS) is 11.8. The lowest BCUT2D eigenvalue weighted by Crippen LogP contribution is -2.32. The Bertz CT molecular complexity index is 3390. The maximum atomic E-state index is 2.35. The molecule has 0 saturated heterocycles. The topological polar surface area (TPSA) is 15.5 Å². The van der Waals surface area contributed by atoms with Gasteiger partial charge in [0.2, 0.25) is 22.8 Å². The van der Waals surface area contributed by atoms with Gasteiger partial charge in [-0.3, -0.25) is 0 Å². The van der Waals surface area contributed by atoms with Crippen LogP contribution in [-0.4, -0.2) is 0 Å². The highest BCUT2D eigenvalue weighted by atomic mass is 14.9. The van der Waals surface area contributed by atoms with E-state index < -0.39 is 0 Å². The first-order valence-electron chi connectivity index (χ1n) is 30.0. The number of aryl methyl sites for hydroxylation is 16. The molecule has 4 heteroatoms. The first-order valence-corrected chi connectivity index (χ1v) is 30.0. The van der Waals surface area contributed by atoms with Crippen molar-refractivity contribution in [1.82, 2.24) is 0 Å². The average molecular weight is 1090 g/mol. The zero-order chi connectivity index (χ0) is 60.6. The number of nitrogens with zero attached hydrogens (tertiary/aromatic N) is 4. The summed E-state index contributed by atoms with van der Waals surface area (Å²) in [5, 5.41) is 0. The second-order valence-corrected chi connectivity index (χ2v) is 26.9. The lowest BCUT2D eigenvalue weighted by atomic mass is 9.85. The van der Waals surface area contributed by atoms with Gasteiger partial charge in [0, 0.05) is 66.8 Å². The lowest BCUT2D eigenvalue weighted by molar-refractivity contribution is -0.661. The Morgan fingerprint density at radius 1 is 0.370 bits per heavy atom. The van der Waals surface area contributed by atoms with Gasteiger partial charge in [-0.2, -0.15) is 0 Å². The minimum atomic E-state index is 0.202. The summed E-state index contributed by atoms with van der Waals surface area (Å²) in [7, 11) is 8.54. The van der Waals surface area contributed by atoms with Crippen LogP contribution in [0.5, 0.6) is 0 Å². The molecule has 0 spiro atoms. The molecule has 8 rings (SSSR count). The number of hydrogen-bond donors (Lipinski definition) is 0. The van der Waals surface area contributed by atoms with Crippen LogP contribution in [0.25, 0.3) is 45.0 Å². The first-order chi connectivity index (χ1) is 37.7. The van der Waals surface area contributed by atoms with Crippen LogP contribution < -0.4 is 18.3 Å². The van der Waals surface area contributed by atoms with Gasteiger partial charge in [0.25, 0.3) is 0 Å². The van der Waals surface area contributed by atoms with Crippen molar-refractivity contribution in [3.63, 3.8) is 0 Å². The number of aromatic nitrogens is 4. The molecule has 0 fully saturated rings. The predicted octanol–water partition coefficient (Wildman–Crippen LogP) is 18.0. The van der Waals surface area contributed by atoms with E-state index in [1.165, 1.54) is 140 Å². The summed E-state index contributed by atoms with van der Waals surface area (Å²) in [5.74, 6) is 1.34. The summed E-state index contributed by atoms with van der Waals surface area (Å²) >= 11 is 0. The molecule has 4 nitrogen and oxygen atoms in total. The smallest absolute Gasteiger partial charge is 0.201 e. The van der Waals surface area contributed by atoms with E-state index in [4.69, 9.17) is 0 Å². The molecule has 8 aromatic rings. The fraction of sp³-hybridized carbons (Fsp3) is 0.429. The molecule has 4 aromatic carbocycles. The lowest BCUT2D eigenvalue weighted by Gasteiger charge is -2.20. The van der Waals surface area contributed by atoms with Crippen LogP contribution in [0.3, 0.4) is 0 Å². The third-order valence-electron chi connectivity index (χ3n) is 15.8. The molecule has 1 atom stereocenters. The van der Waals surface area contributed by atoms with E-state index in [0.717, 1.165) is 12.8 Å². The molecule has 0 amide bonds. The average Bonchev–Trinajstić information content (AvgIpc) is 3.32. The van der Waals surface area contributed by atoms with Gasteiger partial charge in [-0.05, 0) is 218 Å². The maximum absolute atomic E-state index is 2.35. The Labute approximate surface area is 494 Å². The molecule has 81 heavy (non-hydrogen) atoms. The summed E-state index contributed by atoms with van der Waals surface area (Å²) in [5.41, 5.74) is 32.9. The minimum absolute atomic E-state index is 0.202. The Hall–Kier alpha value is -6.52. The molecule has 0 aliphatic rings. The van der Waals surface area contributed by atoms with Crippen LogP contribution in [0.2, 0.25) is 0 Å². The largest absolute Gasteiger partial charge is 0.215 e. The Morgan fingerprint density at radius 3 is 0.988 bits per heavy atom. The molecule has 0 bridgehead atoms. The van der Waals surface area contributed by atoms with Crippen molar-refractivity contribution in [2.45, 2.75) is 183 Å². The Kier molecular flexibility index (Phi) is 22.2. The van der Waals surface area contributed by atoms with Crippen LogP contribution in [0, 0.1) is 94.4 Å². The van der Waals surface area contributed by atoms with E-state index in [2.05, 4.69) is 321 Å². The van der Waals surface area contributed by atoms with E-state index in [-0.39, 0.29) is 5.41 Å². The molecular formula is C77H106N4+4. The first kappa shape index (κ1) is 65.3. The summed E-state index contributed by atoms with van der Waals surface area (Å²) in [6.45, 7) is 49.0. The Balaban J connectivity index is 0.000000198. The van der Waals surface area contributed by atoms with Crippen molar-refractivity contribution in [2.24, 2.45) is 39.5 Å². The van der Waals surface area contributed by atoms with Crippen LogP contribution in [0.4, 0.5) is 0 Å². The van der Waals surface area contributed by atoms with Gasteiger partial charge in [0.05, 0.1) is 0 Å². The van der Waals surface area contributed by atoms with E-state index in [1.54, 1.807) is 0 Å². The highest BCUT2D eigenvalue weighted by molar-refractivity contribution is 5.68. The summed E-state index contributed by atoms with van der Waals surface area (Å²) < 4.78 is 8.98. The molecule has 0 saturated carbocycles. The second-order valence-electron chi connectivity index (χ2n) is 26.9. The number of rotatable bonds is 9. The quantitative estimate of drug-likeness (QED) is 0.128. The van der Waals surface area contributed by atoms with E-state index in [1.807, 2.05) is 0 Å². The zero-order valence-corrected chi connectivity index (χ0v) is 55.6. The summed E-state index contributed by atoms with van der Waals surface area (Å²) in [6, 6.07) is 36.6. The highest BCUT2D eigenvalue weighted by Crippen LogP contribution is 2.32. The highest BCUT2D eigenvalue weighted by Gasteiger charge is 2.23. The van der Waals surface area contributed by atoms with Gasteiger partial charge in [-0.15, -0.1) is 0 Å². The second kappa shape index (κ2) is 27.5. The fourth-order valence-corrected chi connectivity index (χ4v) is 12.2. The molecule has 4 aromatic heterocycles. The van der Waals surface area contributed by atoms with Crippen molar-refractivity contribution in [3.8, 4) is 45.0 Å². The van der Waals surface area contributed by atoms with E-state index in [0.29, 0.717) is 17.3 Å². The molecule has 0 aliphatic heterocycles. The van der Waals surface area contributed by atoms with Gasteiger partial charge in [0.1, 0.15) is 28.2 Å². The monoisotopic (exact) mass is 1090 g/mol. The third kappa shape index (κ3) is 17.5. The predicted molar refractivity (Wildman–Crippen MR) is 348 cm³/mol. The molecule has 1 unspecified atom stereocenters. The molecule has 0 N–H and O–H groups in total. The fourth-order valence-electron chi connectivity index (χ4n) is 12.2. The van der Waals surface area contributed by atoms with E-state index >= 15 is 0 Å². The SMILES string of the molecule is CCC(C)c1ccc(-c2c(C)cc(C)c[n+]2C)c(C)c1.Cc1cc(C)c(-c2ccc(C(C)(C)C)cc2C)[n+](C)c1.Cc1cc(C)c(-c2ccc(CC(C)(C)C)cc2C)[n+](C)c1.Cc1cc(C)c(-c2ccc(CC(C)C)cc2C)[n+](C)c1. The molecular weight excluding hydrogens is 981 g/mol. The van der Waals surface area contributed by atoms with E-state index in [9.17, 15) is 0 Å². The summed E-state index contributed by atoms with van der Waals surface area (Å²) in [6.07, 6.45) is 12.3. The molecule has 430 valence electrons. The van der Waals surface area contributed by atoms with Crippen LogP contribution >= 0.6 is 0 Å².